The summed E-state index contributed by atoms with van der Waals surface area (Å²) in [5.74, 6) is -0.273. The van der Waals surface area contributed by atoms with Gasteiger partial charge in [0.05, 0.1) is 5.69 Å². The van der Waals surface area contributed by atoms with E-state index in [1.54, 1.807) is 12.1 Å². The molecule has 1 amide bonds. The third kappa shape index (κ3) is 3.33. The molecule has 0 aromatic carbocycles. The normalized spacial score (nSPS) is 20.9. The van der Waals surface area contributed by atoms with Crippen LogP contribution in [0.4, 0.5) is 5.13 Å². The summed E-state index contributed by atoms with van der Waals surface area (Å²) in [5.41, 5.74) is 1.08. The molecule has 1 fully saturated rings. The van der Waals surface area contributed by atoms with E-state index in [9.17, 15) is 13.2 Å². The molecule has 3 heterocycles. The zero-order valence-electron chi connectivity index (χ0n) is 14.5. The fraction of sp³-hybridized carbons (Fsp3) is 0.529. The van der Waals surface area contributed by atoms with Crippen molar-refractivity contribution in [3.8, 4) is 0 Å². The van der Waals surface area contributed by atoms with Crippen LogP contribution in [0.25, 0.3) is 0 Å². The number of carbonyl (C=O) groups excluding carboxylic acids is 1. The van der Waals surface area contributed by atoms with E-state index < -0.39 is 16.1 Å². The lowest BCUT2D eigenvalue weighted by molar-refractivity contribution is -0.119. The predicted octanol–water partition coefficient (Wildman–Crippen LogP) is 3.18. The smallest absolute Gasteiger partial charge is 0.253 e. The van der Waals surface area contributed by atoms with Crippen molar-refractivity contribution in [1.29, 1.82) is 0 Å². The Hall–Kier alpha value is -1.29. The van der Waals surface area contributed by atoms with Crippen LogP contribution in [0, 0.1) is 6.92 Å². The lowest BCUT2D eigenvalue weighted by Gasteiger charge is -2.22. The van der Waals surface area contributed by atoms with E-state index in [-0.39, 0.29) is 5.91 Å². The molecule has 2 aromatic heterocycles. The largest absolute Gasteiger partial charge is 0.301 e. The molecule has 2 aliphatic rings. The van der Waals surface area contributed by atoms with Crippen LogP contribution in [0.1, 0.15) is 41.1 Å². The second-order valence-corrected chi connectivity index (χ2v) is 11.2. The fourth-order valence-electron chi connectivity index (χ4n) is 3.55. The minimum atomic E-state index is -3.63. The van der Waals surface area contributed by atoms with Crippen LogP contribution in [-0.4, -0.2) is 36.2 Å². The van der Waals surface area contributed by atoms with Gasteiger partial charge in [0.2, 0.25) is 5.91 Å². The van der Waals surface area contributed by atoms with Gasteiger partial charge in [-0.25, -0.2) is 13.4 Å². The van der Waals surface area contributed by atoms with Crippen LogP contribution in [0.15, 0.2) is 16.3 Å². The van der Waals surface area contributed by atoms with Gasteiger partial charge >= 0.3 is 0 Å². The number of hydrogen-bond acceptors (Lipinski definition) is 6. The maximum Gasteiger partial charge on any atom is 0.253 e. The van der Waals surface area contributed by atoms with Crippen LogP contribution < -0.4 is 5.32 Å². The Morgan fingerprint density at radius 2 is 2.04 bits per heavy atom. The molecule has 1 aliphatic carbocycles. The lowest BCUT2D eigenvalue weighted by atomic mass is 10.0. The van der Waals surface area contributed by atoms with E-state index in [2.05, 4.69) is 10.3 Å². The number of nitrogens with zero attached hydrogens (tertiary/aromatic N) is 2. The molecule has 0 saturated carbocycles. The van der Waals surface area contributed by atoms with Crippen molar-refractivity contribution in [2.45, 2.75) is 55.7 Å². The number of aryl methyl sites for hydroxylation is 3. The molecule has 140 valence electrons. The minimum Gasteiger partial charge on any atom is -0.301 e. The number of thiophene rings is 1. The van der Waals surface area contributed by atoms with Crippen molar-refractivity contribution < 1.29 is 13.2 Å². The van der Waals surface area contributed by atoms with Gasteiger partial charge in [-0.05, 0) is 57.6 Å². The molecule has 1 aliphatic heterocycles. The van der Waals surface area contributed by atoms with Crippen molar-refractivity contribution in [3.63, 3.8) is 0 Å². The number of aromatic nitrogens is 1. The van der Waals surface area contributed by atoms with Crippen molar-refractivity contribution in [1.82, 2.24) is 9.29 Å². The number of thiazole rings is 1. The molecule has 2 aromatic rings. The SMILES string of the molecule is Cc1ccc(S(=O)(=O)N2CCC[C@H]2C(=O)Nc2nc3c(s2)CCCC3)s1. The summed E-state index contributed by atoms with van der Waals surface area (Å²) in [6, 6.07) is 2.75. The van der Waals surface area contributed by atoms with Crippen LogP contribution in [0.2, 0.25) is 0 Å². The Kier molecular flexibility index (Phi) is 4.89. The number of nitrogens with one attached hydrogen (secondary N) is 1. The van der Waals surface area contributed by atoms with Crippen molar-refractivity contribution in [2.24, 2.45) is 0 Å². The van der Waals surface area contributed by atoms with Gasteiger partial charge in [-0.1, -0.05) is 0 Å². The van der Waals surface area contributed by atoms with Gasteiger partial charge < -0.3 is 5.32 Å². The molecule has 1 atom stereocenters. The van der Waals surface area contributed by atoms with Gasteiger partial charge in [0, 0.05) is 16.3 Å². The predicted molar refractivity (Wildman–Crippen MR) is 103 cm³/mol. The van der Waals surface area contributed by atoms with Crippen LogP contribution in [0.3, 0.4) is 0 Å². The van der Waals surface area contributed by atoms with Crippen molar-refractivity contribution in [2.75, 3.05) is 11.9 Å². The van der Waals surface area contributed by atoms with Crippen LogP contribution in [-0.2, 0) is 27.7 Å². The van der Waals surface area contributed by atoms with Gasteiger partial charge in [-0.2, -0.15) is 4.31 Å². The molecular formula is C17H21N3O3S3. The quantitative estimate of drug-likeness (QED) is 0.838. The van der Waals surface area contributed by atoms with E-state index in [1.807, 2.05) is 6.92 Å². The summed E-state index contributed by atoms with van der Waals surface area (Å²) < 4.78 is 27.5. The Bertz CT molecular complexity index is 909. The summed E-state index contributed by atoms with van der Waals surface area (Å²) in [5, 5.41) is 3.46. The zero-order chi connectivity index (χ0) is 18.3. The molecule has 26 heavy (non-hydrogen) atoms. The first-order chi connectivity index (χ1) is 12.4. The summed E-state index contributed by atoms with van der Waals surface area (Å²) in [6.45, 7) is 2.26. The van der Waals surface area contributed by atoms with Crippen molar-refractivity contribution in [3.05, 3.63) is 27.6 Å². The van der Waals surface area contributed by atoms with Gasteiger partial charge in [-0.15, -0.1) is 22.7 Å². The van der Waals surface area contributed by atoms with E-state index in [4.69, 9.17) is 0 Å². The molecule has 9 heteroatoms. The number of rotatable bonds is 4. The number of amides is 1. The molecular weight excluding hydrogens is 390 g/mol. The Labute approximate surface area is 161 Å². The second kappa shape index (κ2) is 7.03. The number of anilines is 1. The number of carbonyl (C=O) groups is 1. The van der Waals surface area contributed by atoms with Crippen LogP contribution in [0.5, 0.6) is 0 Å². The highest BCUT2D eigenvalue weighted by Gasteiger charge is 2.40. The Balaban J connectivity index is 1.52. The topological polar surface area (TPSA) is 79.4 Å². The van der Waals surface area contributed by atoms with E-state index >= 15 is 0 Å². The summed E-state index contributed by atoms with van der Waals surface area (Å²) in [6.07, 6.45) is 5.51. The molecule has 0 radical (unpaired) electrons. The summed E-state index contributed by atoms with van der Waals surface area (Å²) in [4.78, 5) is 19.5. The lowest BCUT2D eigenvalue weighted by Crippen LogP contribution is -2.42. The fourth-order valence-corrected chi connectivity index (χ4v) is 7.67. The highest BCUT2D eigenvalue weighted by molar-refractivity contribution is 7.91. The molecule has 1 N–H and O–H groups in total. The number of hydrogen-bond donors (Lipinski definition) is 1. The Morgan fingerprint density at radius 3 is 2.77 bits per heavy atom. The maximum atomic E-state index is 12.9. The molecule has 0 bridgehead atoms. The van der Waals surface area contributed by atoms with Gasteiger partial charge in [-0.3, -0.25) is 4.79 Å². The zero-order valence-corrected chi connectivity index (χ0v) is 17.0. The highest BCUT2D eigenvalue weighted by atomic mass is 32.2. The minimum absolute atomic E-state index is 0.273. The third-order valence-electron chi connectivity index (χ3n) is 4.86. The summed E-state index contributed by atoms with van der Waals surface area (Å²) >= 11 is 2.77. The van der Waals surface area contributed by atoms with Gasteiger partial charge in [0.25, 0.3) is 10.0 Å². The summed E-state index contributed by atoms with van der Waals surface area (Å²) in [7, 11) is -3.63. The molecule has 0 unspecified atom stereocenters. The number of sulfonamides is 1. The average Bonchev–Trinajstić information content (AvgIpc) is 3.33. The van der Waals surface area contributed by atoms with E-state index in [0.717, 1.165) is 36.3 Å². The second-order valence-electron chi connectivity index (χ2n) is 6.72. The standard InChI is InChI=1S/C17H21N3O3S3/c1-11-8-9-15(24-11)26(22,23)20-10-4-6-13(20)16(21)19-17-18-12-5-2-3-7-14(12)25-17/h8-9,13H,2-7,10H2,1H3,(H,18,19,21)/t13-/m0/s1. The highest BCUT2D eigenvalue weighted by Crippen LogP contribution is 2.32. The van der Waals surface area contributed by atoms with Gasteiger partial charge in [0.15, 0.2) is 5.13 Å². The van der Waals surface area contributed by atoms with E-state index in [1.165, 1.54) is 31.9 Å². The first kappa shape index (κ1) is 18.1. The molecule has 0 spiro atoms. The van der Waals surface area contributed by atoms with E-state index in [0.29, 0.717) is 28.7 Å². The number of fused-ring (bicyclic) bond motifs is 1. The van der Waals surface area contributed by atoms with Gasteiger partial charge in [0.1, 0.15) is 10.3 Å². The molecule has 1 saturated heterocycles. The third-order valence-corrected chi connectivity index (χ3v) is 9.31. The van der Waals surface area contributed by atoms with Crippen LogP contribution >= 0.6 is 22.7 Å². The monoisotopic (exact) mass is 411 g/mol. The average molecular weight is 412 g/mol. The Morgan fingerprint density at radius 1 is 1.23 bits per heavy atom. The first-order valence-electron chi connectivity index (χ1n) is 8.83. The molecule has 4 rings (SSSR count). The maximum absolute atomic E-state index is 12.9. The molecule has 6 nitrogen and oxygen atoms in total. The first-order valence-corrected chi connectivity index (χ1v) is 11.9. The van der Waals surface area contributed by atoms with Crippen molar-refractivity contribution >= 4 is 43.7 Å².